The van der Waals surface area contributed by atoms with Gasteiger partial charge in [-0.05, 0) is 12.0 Å². The van der Waals surface area contributed by atoms with Crippen LogP contribution in [0.1, 0.15) is 28.4 Å². The van der Waals surface area contributed by atoms with Crippen LogP contribution in [-0.2, 0) is 4.79 Å². The van der Waals surface area contributed by atoms with Gasteiger partial charge in [0.1, 0.15) is 17.8 Å². The quantitative estimate of drug-likeness (QED) is 0.360. The molecule has 0 bridgehead atoms. The van der Waals surface area contributed by atoms with Gasteiger partial charge in [0.2, 0.25) is 0 Å². The molecule has 8 heteroatoms. The van der Waals surface area contributed by atoms with Crippen LogP contribution in [0.2, 0.25) is 0 Å². The topological polar surface area (TPSA) is 94.1 Å². The van der Waals surface area contributed by atoms with Gasteiger partial charge < -0.3 is 15.2 Å². The molecule has 0 saturated carbocycles. The van der Waals surface area contributed by atoms with E-state index in [0.29, 0.717) is 47.5 Å². The highest BCUT2D eigenvalue weighted by atomic mass is 19.1. The molecule has 170 valence electrons. The van der Waals surface area contributed by atoms with Crippen LogP contribution >= 0.6 is 0 Å². The van der Waals surface area contributed by atoms with Gasteiger partial charge in [0, 0.05) is 36.0 Å². The Bertz CT molecular complexity index is 1410. The van der Waals surface area contributed by atoms with Crippen molar-refractivity contribution in [3.8, 4) is 11.1 Å². The van der Waals surface area contributed by atoms with Crippen LogP contribution < -0.4 is 5.73 Å². The van der Waals surface area contributed by atoms with Crippen LogP contribution in [0.25, 0.3) is 22.2 Å². The van der Waals surface area contributed by atoms with Gasteiger partial charge in [-0.2, -0.15) is 0 Å². The number of benzene rings is 2. The first-order valence-electron chi connectivity index (χ1n) is 10.9. The van der Waals surface area contributed by atoms with Gasteiger partial charge in [0.05, 0.1) is 11.4 Å². The Balaban J connectivity index is 1.51. The summed E-state index contributed by atoms with van der Waals surface area (Å²) in [7, 11) is 0. The predicted octanol–water partition coefficient (Wildman–Crippen LogP) is 4.17. The van der Waals surface area contributed by atoms with Gasteiger partial charge in [-0.3, -0.25) is 9.59 Å². The molecule has 2 aromatic heterocycles. The fourth-order valence-corrected chi connectivity index (χ4v) is 4.49. The second-order valence-corrected chi connectivity index (χ2v) is 8.28. The monoisotopic (exact) mass is 455 g/mol. The second kappa shape index (κ2) is 8.55. The Kier molecular flexibility index (Phi) is 5.41. The highest BCUT2D eigenvalue weighted by molar-refractivity contribution is 6.09. The van der Waals surface area contributed by atoms with E-state index < -0.39 is 11.7 Å². The predicted molar refractivity (Wildman–Crippen MR) is 128 cm³/mol. The van der Waals surface area contributed by atoms with Crippen molar-refractivity contribution in [2.75, 3.05) is 18.8 Å². The van der Waals surface area contributed by atoms with Crippen LogP contribution in [0.15, 0.2) is 79.5 Å². The zero-order valence-electron chi connectivity index (χ0n) is 18.3. The molecule has 1 aliphatic heterocycles. The third-order valence-corrected chi connectivity index (χ3v) is 6.21. The van der Waals surface area contributed by atoms with Gasteiger partial charge in [0.25, 0.3) is 5.91 Å². The molecule has 4 aromatic rings. The van der Waals surface area contributed by atoms with Crippen molar-refractivity contribution in [2.24, 2.45) is 0 Å². The Labute approximate surface area is 195 Å². The van der Waals surface area contributed by atoms with Gasteiger partial charge in [0.15, 0.2) is 11.6 Å². The average molecular weight is 455 g/mol. The van der Waals surface area contributed by atoms with Crippen molar-refractivity contribution in [1.29, 1.82) is 0 Å². The molecule has 5 rings (SSSR count). The lowest BCUT2D eigenvalue weighted by Crippen LogP contribution is -2.29. The number of hydrogen-bond donors (Lipinski definition) is 1. The zero-order chi connectivity index (χ0) is 23.8. The molecule has 1 atom stereocenters. The molecule has 2 N–H and O–H groups in total. The first kappa shape index (κ1) is 21.5. The average Bonchev–Trinajstić information content (AvgIpc) is 3.50. The van der Waals surface area contributed by atoms with E-state index in [-0.39, 0.29) is 11.8 Å². The molecule has 2 aromatic carbocycles. The van der Waals surface area contributed by atoms with Crippen molar-refractivity contribution in [2.45, 2.75) is 12.5 Å². The molecule has 0 unspecified atom stereocenters. The van der Waals surface area contributed by atoms with Gasteiger partial charge >= 0.3 is 0 Å². The number of aromatic nitrogens is 3. The second-order valence-electron chi connectivity index (χ2n) is 8.28. The van der Waals surface area contributed by atoms with E-state index in [4.69, 9.17) is 5.73 Å². The normalized spacial score (nSPS) is 15.6. The van der Waals surface area contributed by atoms with Crippen molar-refractivity contribution in [3.05, 3.63) is 90.7 Å². The molecule has 1 fully saturated rings. The molecular formula is C26H22FN5O2. The first-order chi connectivity index (χ1) is 16.4. The molecule has 7 nitrogen and oxygen atoms in total. The third-order valence-electron chi connectivity index (χ3n) is 6.21. The minimum Gasteiger partial charge on any atom is -0.383 e. The number of carbonyl (C=O) groups excluding carboxylic acids is 2. The summed E-state index contributed by atoms with van der Waals surface area (Å²) in [6, 6.07) is 16.3. The van der Waals surface area contributed by atoms with Crippen molar-refractivity contribution in [1.82, 2.24) is 19.4 Å². The molecule has 1 aliphatic rings. The lowest BCUT2D eigenvalue weighted by molar-refractivity contribution is -0.127. The van der Waals surface area contributed by atoms with Crippen LogP contribution in [0, 0.1) is 0 Å². The van der Waals surface area contributed by atoms with Crippen LogP contribution in [-0.4, -0.2) is 44.2 Å². The number of anilines is 1. The highest BCUT2D eigenvalue weighted by Crippen LogP contribution is 2.36. The van der Waals surface area contributed by atoms with Crippen molar-refractivity contribution >= 4 is 28.5 Å². The fourth-order valence-electron chi connectivity index (χ4n) is 4.49. The van der Waals surface area contributed by atoms with Gasteiger partial charge in [-0.25, -0.2) is 14.4 Å². The minimum atomic E-state index is -0.963. The number of nitrogens with zero attached hydrogens (tertiary/aromatic N) is 4. The van der Waals surface area contributed by atoms with E-state index in [2.05, 4.69) is 16.5 Å². The van der Waals surface area contributed by atoms with E-state index in [1.807, 2.05) is 41.1 Å². The number of hydrogen-bond acceptors (Lipinski definition) is 5. The molecular weight excluding hydrogens is 433 g/mol. The summed E-state index contributed by atoms with van der Waals surface area (Å²) in [5, 5.41) is 0.698. The number of ketones is 1. The number of fused-ring (bicyclic) bond motifs is 1. The molecule has 1 amide bonds. The van der Waals surface area contributed by atoms with Gasteiger partial charge in [-0.1, -0.05) is 61.2 Å². The smallest absolute Gasteiger partial charge is 0.282 e. The standard InChI is InChI=1S/C26H22FN5O2/c1-16(27)26(34)31-12-11-20(13-31)32-14-21(22-24(28)29-15-30-25(22)32)17-7-9-19(10-8-17)23(33)18-5-3-2-4-6-18/h2-10,14-15,20H,1,11-13H2,(H2,28,29,30)/t20-/m1/s1. The Hall–Kier alpha value is -4.33. The van der Waals surface area contributed by atoms with E-state index >= 15 is 0 Å². The third kappa shape index (κ3) is 3.73. The zero-order valence-corrected chi connectivity index (χ0v) is 18.3. The van der Waals surface area contributed by atoms with Crippen LogP contribution in [0.4, 0.5) is 10.2 Å². The number of rotatable bonds is 5. The summed E-state index contributed by atoms with van der Waals surface area (Å²) in [5.74, 6) is -1.36. The molecule has 0 aliphatic carbocycles. The summed E-state index contributed by atoms with van der Waals surface area (Å²) >= 11 is 0. The Morgan fingerprint density at radius 2 is 1.74 bits per heavy atom. The summed E-state index contributed by atoms with van der Waals surface area (Å²) in [4.78, 5) is 34.8. The Morgan fingerprint density at radius 3 is 2.44 bits per heavy atom. The van der Waals surface area contributed by atoms with Crippen LogP contribution in [0.3, 0.4) is 0 Å². The largest absolute Gasteiger partial charge is 0.383 e. The molecule has 3 heterocycles. The maximum absolute atomic E-state index is 13.4. The van der Waals surface area contributed by atoms with E-state index in [1.165, 1.54) is 11.2 Å². The Morgan fingerprint density at radius 1 is 1.03 bits per heavy atom. The molecule has 0 spiro atoms. The molecule has 1 saturated heterocycles. The van der Waals surface area contributed by atoms with Crippen molar-refractivity contribution in [3.63, 3.8) is 0 Å². The summed E-state index contributed by atoms with van der Waals surface area (Å²) in [5.41, 5.74) is 9.77. The number of nitrogens with two attached hydrogens (primary N) is 1. The van der Waals surface area contributed by atoms with Gasteiger partial charge in [-0.15, -0.1) is 0 Å². The van der Waals surface area contributed by atoms with Crippen molar-refractivity contribution < 1.29 is 14.0 Å². The molecule has 0 radical (unpaired) electrons. The summed E-state index contributed by atoms with van der Waals surface area (Å²) in [6.45, 7) is 3.89. The fraction of sp³-hybridized carbons (Fsp3) is 0.154. The molecule has 34 heavy (non-hydrogen) atoms. The lowest BCUT2D eigenvalue weighted by Gasteiger charge is -2.16. The highest BCUT2D eigenvalue weighted by Gasteiger charge is 2.30. The number of amides is 1. The minimum absolute atomic E-state index is 0.0532. The maximum Gasteiger partial charge on any atom is 0.282 e. The number of carbonyl (C=O) groups is 2. The summed E-state index contributed by atoms with van der Waals surface area (Å²) < 4.78 is 15.3. The number of halogens is 1. The first-order valence-corrected chi connectivity index (χ1v) is 10.9. The number of nitrogen functional groups attached to an aromatic ring is 1. The number of likely N-dealkylation sites (tertiary alicyclic amines) is 1. The van der Waals surface area contributed by atoms with E-state index in [0.717, 1.165) is 11.1 Å². The van der Waals surface area contributed by atoms with E-state index in [1.54, 1.807) is 24.3 Å². The van der Waals surface area contributed by atoms with Crippen LogP contribution in [0.5, 0.6) is 0 Å². The lowest BCUT2D eigenvalue weighted by atomic mass is 9.99. The maximum atomic E-state index is 13.4. The SMILES string of the molecule is C=C(F)C(=O)N1CC[C@@H](n2cc(-c3ccc(C(=O)c4ccccc4)cc3)c3c(N)ncnc32)C1. The summed E-state index contributed by atoms with van der Waals surface area (Å²) in [6.07, 6.45) is 3.99. The van der Waals surface area contributed by atoms with E-state index in [9.17, 15) is 14.0 Å².